The molecule has 0 saturated heterocycles. The van der Waals surface area contributed by atoms with Crippen LogP contribution in [0.4, 0.5) is 13.2 Å². The average molecular weight is 476 g/mol. The van der Waals surface area contributed by atoms with Crippen molar-refractivity contribution in [3.05, 3.63) is 65.2 Å². The van der Waals surface area contributed by atoms with Crippen molar-refractivity contribution in [3.8, 4) is 16.9 Å². The summed E-state index contributed by atoms with van der Waals surface area (Å²) in [6, 6.07) is 10.4. The number of aliphatic hydroxyl groups is 1. The molecule has 0 saturated carbocycles. The summed E-state index contributed by atoms with van der Waals surface area (Å²) < 4.78 is 46.1. The number of nitrogens with zero attached hydrogens (tertiary/aromatic N) is 2. The number of fused-ring (bicyclic) bond motifs is 2. The lowest BCUT2D eigenvalue weighted by atomic mass is 9.84. The van der Waals surface area contributed by atoms with Crippen LogP contribution in [-0.4, -0.2) is 35.9 Å². The van der Waals surface area contributed by atoms with E-state index in [1.807, 2.05) is 13.8 Å². The third kappa shape index (κ3) is 4.63. The Morgan fingerprint density at radius 3 is 2.62 bits per heavy atom. The number of benzene rings is 2. The molecule has 3 atom stereocenters. The number of hydrogen-bond donors (Lipinski definition) is 2. The summed E-state index contributed by atoms with van der Waals surface area (Å²) >= 11 is 0. The van der Waals surface area contributed by atoms with Gasteiger partial charge in [0.05, 0.1) is 11.1 Å². The molecule has 0 bridgehead atoms. The maximum absolute atomic E-state index is 13.3. The van der Waals surface area contributed by atoms with E-state index >= 15 is 0 Å². The first kappa shape index (κ1) is 24.1. The molecule has 0 amide bonds. The van der Waals surface area contributed by atoms with E-state index in [2.05, 4.69) is 11.1 Å². The van der Waals surface area contributed by atoms with Gasteiger partial charge in [0.2, 0.25) is 11.7 Å². The van der Waals surface area contributed by atoms with Gasteiger partial charge in [-0.15, -0.1) is 0 Å². The Morgan fingerprint density at radius 2 is 2.00 bits per heavy atom. The summed E-state index contributed by atoms with van der Waals surface area (Å²) in [5.41, 5.74) is 6.82. The Kier molecular flexibility index (Phi) is 6.35. The van der Waals surface area contributed by atoms with Gasteiger partial charge in [0.25, 0.3) is 0 Å². The summed E-state index contributed by atoms with van der Waals surface area (Å²) in [6.07, 6.45) is -1.91. The van der Waals surface area contributed by atoms with E-state index < -0.39 is 17.5 Å². The number of guanidine groups is 1. The minimum absolute atomic E-state index is 0.00514. The van der Waals surface area contributed by atoms with Crippen molar-refractivity contribution in [3.63, 3.8) is 0 Å². The van der Waals surface area contributed by atoms with Gasteiger partial charge < -0.3 is 15.6 Å². The number of ether oxygens (including phenoxy) is 1. The van der Waals surface area contributed by atoms with E-state index in [9.17, 15) is 18.3 Å². The van der Waals surface area contributed by atoms with E-state index in [4.69, 9.17) is 15.3 Å². The fourth-order valence-electron chi connectivity index (χ4n) is 4.51. The number of aliphatic imine (C=N–C) groups is 1. The van der Waals surface area contributed by atoms with Crippen LogP contribution < -0.4 is 10.5 Å². The van der Waals surface area contributed by atoms with Crippen LogP contribution in [0.1, 0.15) is 37.8 Å². The fraction of sp³-hybridized carbons (Fsp3) is 0.400. The fourth-order valence-corrected chi connectivity index (χ4v) is 4.51. The van der Waals surface area contributed by atoms with Crippen molar-refractivity contribution < 1.29 is 27.9 Å². The van der Waals surface area contributed by atoms with Crippen molar-refractivity contribution in [2.45, 2.75) is 44.7 Å². The Bertz CT molecular complexity index is 1130. The average Bonchev–Trinajstić information content (AvgIpc) is 3.05. The molecule has 2 aromatic rings. The van der Waals surface area contributed by atoms with E-state index in [-0.39, 0.29) is 24.6 Å². The van der Waals surface area contributed by atoms with Gasteiger partial charge in [-0.1, -0.05) is 29.8 Å². The molecule has 0 fully saturated rings. The molecule has 4 rings (SSSR count). The van der Waals surface area contributed by atoms with Crippen molar-refractivity contribution in [2.24, 2.45) is 16.6 Å². The number of hydrogen-bond acceptors (Lipinski definition) is 6. The van der Waals surface area contributed by atoms with Gasteiger partial charge in [-0.3, -0.25) is 0 Å². The largest absolute Gasteiger partial charge is 0.489 e. The van der Waals surface area contributed by atoms with Gasteiger partial charge in [0, 0.05) is 26.0 Å². The van der Waals surface area contributed by atoms with Crippen LogP contribution in [0.2, 0.25) is 0 Å². The lowest BCUT2D eigenvalue weighted by Crippen LogP contribution is -2.42. The molecule has 2 aliphatic rings. The van der Waals surface area contributed by atoms with Gasteiger partial charge in [-0.2, -0.15) is 13.2 Å². The van der Waals surface area contributed by atoms with E-state index in [0.29, 0.717) is 35.3 Å². The highest BCUT2D eigenvalue weighted by Crippen LogP contribution is 2.49. The Balaban J connectivity index is 1.80. The third-order valence-corrected chi connectivity index (χ3v) is 6.07. The molecule has 2 aliphatic heterocycles. The molecule has 0 aromatic heterocycles. The second-order valence-corrected chi connectivity index (χ2v) is 8.91. The molecule has 0 radical (unpaired) electrons. The summed E-state index contributed by atoms with van der Waals surface area (Å²) in [5.74, 6) is 0.620. The maximum Gasteiger partial charge on any atom is 0.416 e. The molecule has 0 unspecified atom stereocenters. The molecule has 2 heterocycles. The zero-order valence-electron chi connectivity index (χ0n) is 19.3. The first-order valence-corrected chi connectivity index (χ1v) is 11.1. The zero-order valence-corrected chi connectivity index (χ0v) is 19.3. The number of hydroxylamine groups is 2. The lowest BCUT2D eigenvalue weighted by Gasteiger charge is -2.39. The predicted molar refractivity (Wildman–Crippen MR) is 123 cm³/mol. The number of alkyl halides is 3. The normalized spacial score (nSPS) is 22.7. The van der Waals surface area contributed by atoms with Crippen LogP contribution in [0.15, 0.2) is 59.1 Å². The molecule has 9 heteroatoms. The van der Waals surface area contributed by atoms with Crippen LogP contribution in [0.3, 0.4) is 0 Å². The second-order valence-electron chi connectivity index (χ2n) is 8.91. The van der Waals surface area contributed by atoms with Gasteiger partial charge in [0.1, 0.15) is 11.9 Å². The van der Waals surface area contributed by atoms with E-state index in [1.54, 1.807) is 31.3 Å². The van der Waals surface area contributed by atoms with Crippen LogP contribution >= 0.6 is 0 Å². The van der Waals surface area contributed by atoms with Gasteiger partial charge in [-0.05, 0) is 55.7 Å². The SMILES string of the molecule is CC(C)=C[C@H](CCO)[C@@H]1C[C@@]2(N=C(N)N(C)O2)c2cc(-c3cccc(C(F)(F)F)c3)ccc2O1. The number of aliphatic hydroxyl groups excluding tert-OH is 1. The number of nitrogens with two attached hydrogens (primary N) is 1. The lowest BCUT2D eigenvalue weighted by molar-refractivity contribution is -0.193. The van der Waals surface area contributed by atoms with Gasteiger partial charge >= 0.3 is 6.18 Å². The monoisotopic (exact) mass is 475 g/mol. The molecule has 2 aromatic carbocycles. The number of allylic oxidation sites excluding steroid dienone is 1. The highest BCUT2D eigenvalue weighted by molar-refractivity contribution is 5.79. The maximum atomic E-state index is 13.3. The summed E-state index contributed by atoms with van der Waals surface area (Å²) in [6.45, 7) is 3.96. The summed E-state index contributed by atoms with van der Waals surface area (Å²) in [5, 5.41) is 11.0. The van der Waals surface area contributed by atoms with Crippen LogP contribution in [-0.2, 0) is 16.7 Å². The number of rotatable bonds is 5. The minimum atomic E-state index is -4.44. The van der Waals surface area contributed by atoms with E-state index in [0.717, 1.165) is 17.7 Å². The first-order valence-electron chi connectivity index (χ1n) is 11.1. The third-order valence-electron chi connectivity index (χ3n) is 6.07. The molecule has 1 spiro atoms. The van der Waals surface area contributed by atoms with Crippen molar-refractivity contribution in [2.75, 3.05) is 13.7 Å². The molecule has 34 heavy (non-hydrogen) atoms. The topological polar surface area (TPSA) is 80.3 Å². The van der Waals surface area contributed by atoms with Crippen LogP contribution in [0, 0.1) is 5.92 Å². The quantitative estimate of drug-likeness (QED) is 0.606. The van der Waals surface area contributed by atoms with Crippen molar-refractivity contribution in [1.29, 1.82) is 0 Å². The predicted octanol–water partition coefficient (Wildman–Crippen LogP) is 4.83. The van der Waals surface area contributed by atoms with Crippen molar-refractivity contribution >= 4 is 5.96 Å². The Hall–Kier alpha value is -3.04. The standard InChI is InChI=1S/C25H28F3N3O3/c1-15(2)11-18(9-10-32)22-14-24(30-23(29)31(3)34-24)20-13-17(7-8-21(20)33-22)16-5-4-6-19(12-16)25(26,27)28/h4-8,11-13,18,22,32H,9-10,14H2,1-3H3,(H2,29,30)/t18-,22-,24-/m0/s1. The van der Waals surface area contributed by atoms with Gasteiger partial charge in [-0.25, -0.2) is 14.9 Å². The zero-order chi connectivity index (χ0) is 24.7. The molecule has 0 aliphatic carbocycles. The van der Waals surface area contributed by atoms with E-state index in [1.165, 1.54) is 11.1 Å². The second kappa shape index (κ2) is 8.96. The molecular weight excluding hydrogens is 447 g/mol. The highest BCUT2D eigenvalue weighted by atomic mass is 19.4. The summed E-state index contributed by atoms with van der Waals surface area (Å²) in [7, 11) is 1.65. The van der Waals surface area contributed by atoms with Gasteiger partial charge in [0.15, 0.2) is 0 Å². The van der Waals surface area contributed by atoms with Crippen LogP contribution in [0.25, 0.3) is 11.1 Å². The first-order chi connectivity index (χ1) is 16.0. The molecule has 6 nitrogen and oxygen atoms in total. The Morgan fingerprint density at radius 1 is 1.26 bits per heavy atom. The smallest absolute Gasteiger partial charge is 0.416 e. The molecule has 3 N–H and O–H groups in total. The minimum Gasteiger partial charge on any atom is -0.489 e. The molecule has 182 valence electrons. The van der Waals surface area contributed by atoms with Crippen LogP contribution in [0.5, 0.6) is 5.75 Å². The number of halogens is 3. The van der Waals surface area contributed by atoms with Crippen molar-refractivity contribution in [1.82, 2.24) is 5.06 Å². The summed E-state index contributed by atoms with van der Waals surface area (Å²) in [4.78, 5) is 10.7. The Labute approximate surface area is 196 Å². The molecular formula is C25H28F3N3O3. The highest BCUT2D eigenvalue weighted by Gasteiger charge is 2.50.